The minimum absolute atomic E-state index is 0.0289. The van der Waals surface area contributed by atoms with Crippen LogP contribution in [-0.4, -0.2) is 77.3 Å². The SMILES string of the molecule is CCc1ccc(C(=O)N2CC[C@](O)(CN3CCOCC3)C(C)(C)C2)[nH]1. The van der Waals surface area contributed by atoms with E-state index in [0.29, 0.717) is 31.7 Å². The molecule has 1 aromatic rings. The van der Waals surface area contributed by atoms with Crippen LogP contribution in [0.25, 0.3) is 0 Å². The maximum atomic E-state index is 12.8. The zero-order valence-electron chi connectivity index (χ0n) is 15.7. The fourth-order valence-corrected chi connectivity index (χ4v) is 3.90. The molecule has 0 aliphatic carbocycles. The summed E-state index contributed by atoms with van der Waals surface area (Å²) in [5.74, 6) is 0.0289. The van der Waals surface area contributed by atoms with Crippen LogP contribution in [0, 0.1) is 5.41 Å². The lowest BCUT2D eigenvalue weighted by molar-refractivity contribution is -0.133. The van der Waals surface area contributed by atoms with Gasteiger partial charge in [-0.05, 0) is 25.0 Å². The second kappa shape index (κ2) is 7.09. The number of β-amino-alcohol motifs (C(OH)–C–C–N with tert-alkyl or cyclic N) is 1. The molecule has 3 rings (SSSR count). The molecule has 2 N–H and O–H groups in total. The van der Waals surface area contributed by atoms with Gasteiger partial charge in [0.15, 0.2) is 0 Å². The average molecular weight is 349 g/mol. The van der Waals surface area contributed by atoms with Crippen LogP contribution >= 0.6 is 0 Å². The first-order valence-corrected chi connectivity index (χ1v) is 9.34. The molecule has 3 heterocycles. The molecule has 2 saturated heterocycles. The van der Waals surface area contributed by atoms with Crippen LogP contribution in [0.2, 0.25) is 0 Å². The molecule has 0 radical (unpaired) electrons. The van der Waals surface area contributed by atoms with E-state index < -0.39 is 5.60 Å². The number of morpholine rings is 1. The summed E-state index contributed by atoms with van der Waals surface area (Å²) in [5.41, 5.74) is 0.569. The number of aliphatic hydroxyl groups is 1. The Bertz CT molecular complexity index is 607. The number of piperidine rings is 1. The number of aryl methyl sites for hydroxylation is 1. The third-order valence-corrected chi connectivity index (χ3v) is 5.88. The average Bonchev–Trinajstić information content (AvgIpc) is 3.07. The maximum absolute atomic E-state index is 12.8. The van der Waals surface area contributed by atoms with Gasteiger partial charge in [-0.2, -0.15) is 0 Å². The van der Waals surface area contributed by atoms with E-state index in [-0.39, 0.29) is 11.3 Å². The van der Waals surface area contributed by atoms with Crippen molar-refractivity contribution in [3.8, 4) is 0 Å². The van der Waals surface area contributed by atoms with Crippen molar-refractivity contribution in [1.82, 2.24) is 14.8 Å². The van der Waals surface area contributed by atoms with Crippen molar-refractivity contribution in [2.24, 2.45) is 5.41 Å². The molecule has 1 aromatic heterocycles. The van der Waals surface area contributed by atoms with Crippen LogP contribution in [0.5, 0.6) is 0 Å². The predicted octanol–water partition coefficient (Wildman–Crippen LogP) is 1.51. The summed E-state index contributed by atoms with van der Waals surface area (Å²) >= 11 is 0. The summed E-state index contributed by atoms with van der Waals surface area (Å²) in [6, 6.07) is 3.83. The lowest BCUT2D eigenvalue weighted by atomic mass is 9.69. The highest BCUT2D eigenvalue weighted by molar-refractivity contribution is 5.92. The van der Waals surface area contributed by atoms with Gasteiger partial charge in [0, 0.05) is 43.8 Å². The molecule has 25 heavy (non-hydrogen) atoms. The Hall–Kier alpha value is -1.37. The van der Waals surface area contributed by atoms with Crippen molar-refractivity contribution >= 4 is 5.91 Å². The summed E-state index contributed by atoms with van der Waals surface area (Å²) in [6.45, 7) is 11.2. The number of aromatic nitrogens is 1. The highest BCUT2D eigenvalue weighted by atomic mass is 16.5. The number of hydrogen-bond donors (Lipinski definition) is 2. The molecule has 2 aliphatic rings. The molecule has 2 fully saturated rings. The first-order chi connectivity index (χ1) is 11.8. The van der Waals surface area contributed by atoms with Crippen molar-refractivity contribution in [3.05, 3.63) is 23.5 Å². The summed E-state index contributed by atoms with van der Waals surface area (Å²) in [7, 11) is 0. The van der Waals surface area contributed by atoms with Gasteiger partial charge in [0.05, 0.1) is 18.8 Å². The van der Waals surface area contributed by atoms with Gasteiger partial charge in [0.2, 0.25) is 0 Å². The van der Waals surface area contributed by atoms with Crippen molar-refractivity contribution in [2.45, 2.75) is 39.2 Å². The Morgan fingerprint density at radius 3 is 2.60 bits per heavy atom. The quantitative estimate of drug-likeness (QED) is 0.865. The molecule has 0 spiro atoms. The summed E-state index contributed by atoms with van der Waals surface area (Å²) < 4.78 is 5.40. The first-order valence-electron chi connectivity index (χ1n) is 9.34. The van der Waals surface area contributed by atoms with Gasteiger partial charge in [-0.25, -0.2) is 0 Å². The molecule has 6 heteroatoms. The van der Waals surface area contributed by atoms with Gasteiger partial charge >= 0.3 is 0 Å². The molecule has 0 bridgehead atoms. The third-order valence-electron chi connectivity index (χ3n) is 5.88. The smallest absolute Gasteiger partial charge is 0.270 e. The highest BCUT2D eigenvalue weighted by Gasteiger charge is 2.49. The van der Waals surface area contributed by atoms with Crippen LogP contribution in [-0.2, 0) is 11.2 Å². The summed E-state index contributed by atoms with van der Waals surface area (Å²) in [4.78, 5) is 20.2. The van der Waals surface area contributed by atoms with E-state index in [1.807, 2.05) is 17.0 Å². The lowest BCUT2D eigenvalue weighted by Gasteiger charge is -2.52. The molecule has 1 atom stereocenters. The monoisotopic (exact) mass is 349 g/mol. The Balaban J connectivity index is 1.67. The molecule has 140 valence electrons. The van der Waals surface area contributed by atoms with Crippen LogP contribution in [0.15, 0.2) is 12.1 Å². The van der Waals surface area contributed by atoms with E-state index >= 15 is 0 Å². The Kier molecular flexibility index (Phi) is 5.23. The van der Waals surface area contributed by atoms with Crippen molar-refractivity contribution < 1.29 is 14.6 Å². The number of amides is 1. The molecule has 2 aliphatic heterocycles. The first kappa shape index (κ1) is 18.4. The zero-order chi connectivity index (χ0) is 18.1. The number of nitrogens with zero attached hydrogens (tertiary/aromatic N) is 2. The molecular weight excluding hydrogens is 318 g/mol. The maximum Gasteiger partial charge on any atom is 0.270 e. The zero-order valence-corrected chi connectivity index (χ0v) is 15.7. The van der Waals surface area contributed by atoms with Crippen LogP contribution < -0.4 is 0 Å². The number of hydrogen-bond acceptors (Lipinski definition) is 4. The number of nitrogens with one attached hydrogen (secondary N) is 1. The fraction of sp³-hybridized carbons (Fsp3) is 0.737. The van der Waals surface area contributed by atoms with E-state index in [9.17, 15) is 9.90 Å². The number of carbonyl (C=O) groups is 1. The molecular formula is C19H31N3O3. The van der Waals surface area contributed by atoms with Crippen LogP contribution in [0.4, 0.5) is 0 Å². The van der Waals surface area contributed by atoms with E-state index in [1.54, 1.807) is 0 Å². The normalized spacial score (nSPS) is 27.4. The minimum atomic E-state index is -0.786. The van der Waals surface area contributed by atoms with Crippen LogP contribution in [0.3, 0.4) is 0 Å². The predicted molar refractivity (Wildman–Crippen MR) is 96.7 cm³/mol. The van der Waals surface area contributed by atoms with Gasteiger partial charge in [0.25, 0.3) is 5.91 Å². The summed E-state index contributed by atoms with van der Waals surface area (Å²) in [5, 5.41) is 11.3. The van der Waals surface area contributed by atoms with Crippen molar-refractivity contribution in [1.29, 1.82) is 0 Å². The topological polar surface area (TPSA) is 68.8 Å². The van der Waals surface area contributed by atoms with Gasteiger partial charge < -0.3 is 19.7 Å². The molecule has 0 aromatic carbocycles. The second-order valence-corrected chi connectivity index (χ2v) is 8.03. The second-order valence-electron chi connectivity index (χ2n) is 8.03. The largest absolute Gasteiger partial charge is 0.388 e. The minimum Gasteiger partial charge on any atom is -0.388 e. The molecule has 1 amide bonds. The Morgan fingerprint density at radius 2 is 2.00 bits per heavy atom. The van der Waals surface area contributed by atoms with Gasteiger partial charge in [-0.3, -0.25) is 9.69 Å². The fourth-order valence-electron chi connectivity index (χ4n) is 3.90. The standard InChI is InChI=1S/C19H31N3O3/c1-4-15-5-6-16(20-15)17(23)22-8-7-19(24,18(2,3)13-22)14-21-9-11-25-12-10-21/h5-6,20,24H,4,7-14H2,1-3H3/t19-/m0/s1. The Morgan fingerprint density at radius 1 is 1.28 bits per heavy atom. The number of H-pyrrole nitrogens is 1. The summed E-state index contributed by atoms with van der Waals surface area (Å²) in [6.07, 6.45) is 1.49. The van der Waals surface area contributed by atoms with E-state index in [0.717, 1.165) is 38.4 Å². The van der Waals surface area contributed by atoms with E-state index in [1.165, 1.54) is 0 Å². The van der Waals surface area contributed by atoms with E-state index in [2.05, 4.69) is 30.7 Å². The van der Waals surface area contributed by atoms with Crippen molar-refractivity contribution in [2.75, 3.05) is 45.9 Å². The highest BCUT2D eigenvalue weighted by Crippen LogP contribution is 2.39. The number of aromatic amines is 1. The van der Waals surface area contributed by atoms with Gasteiger partial charge in [-0.15, -0.1) is 0 Å². The molecule has 0 saturated carbocycles. The number of likely N-dealkylation sites (tertiary alicyclic amines) is 1. The van der Waals surface area contributed by atoms with Crippen molar-refractivity contribution in [3.63, 3.8) is 0 Å². The number of carbonyl (C=O) groups excluding carboxylic acids is 1. The number of ether oxygens (including phenoxy) is 1. The van der Waals surface area contributed by atoms with Gasteiger partial charge in [0.1, 0.15) is 5.69 Å². The molecule has 6 nitrogen and oxygen atoms in total. The molecule has 0 unspecified atom stereocenters. The number of rotatable bonds is 4. The lowest BCUT2D eigenvalue weighted by Crippen LogP contribution is -2.63. The Labute approximate surface area is 150 Å². The third kappa shape index (κ3) is 3.76. The van der Waals surface area contributed by atoms with E-state index in [4.69, 9.17) is 4.74 Å². The van der Waals surface area contributed by atoms with Gasteiger partial charge in [-0.1, -0.05) is 20.8 Å². The van der Waals surface area contributed by atoms with Crippen LogP contribution in [0.1, 0.15) is 43.4 Å².